The monoisotopic (exact) mass is 441 g/mol. The van der Waals surface area contributed by atoms with Gasteiger partial charge in [-0.3, -0.25) is 9.59 Å². The van der Waals surface area contributed by atoms with E-state index in [2.05, 4.69) is 21.2 Å². The van der Waals surface area contributed by atoms with E-state index in [9.17, 15) is 18.0 Å². The Balaban J connectivity index is 2.25. The second-order valence-electron chi connectivity index (χ2n) is 5.48. The number of anilines is 1. The Morgan fingerprint density at radius 2 is 1.88 bits per heavy atom. The number of nitrogens with one attached hydrogen (secondary N) is 1. The highest BCUT2D eigenvalue weighted by atomic mass is 79.9. The first-order valence-corrected chi connectivity index (χ1v) is 10.3. The highest BCUT2D eigenvalue weighted by Crippen LogP contribution is 2.16. The van der Waals surface area contributed by atoms with Gasteiger partial charge in [-0.15, -0.1) is 0 Å². The van der Waals surface area contributed by atoms with E-state index in [0.717, 1.165) is 15.1 Å². The quantitative estimate of drug-likeness (QED) is 0.713. The first-order chi connectivity index (χ1) is 12.3. The number of hydrogen-bond donors (Lipinski definition) is 1. The summed E-state index contributed by atoms with van der Waals surface area (Å²) in [6.07, 6.45) is 1.20. The van der Waals surface area contributed by atoms with Crippen molar-refractivity contribution in [3.63, 3.8) is 0 Å². The number of rotatable bonds is 7. The average Bonchev–Trinajstić information content (AvgIpc) is 2.57. The van der Waals surface area contributed by atoms with E-state index in [-0.39, 0.29) is 11.4 Å². The van der Waals surface area contributed by atoms with Crippen molar-refractivity contribution in [2.75, 3.05) is 18.4 Å². The minimum atomic E-state index is -3.71. The summed E-state index contributed by atoms with van der Waals surface area (Å²) in [5, 5.41) is 2.67. The van der Waals surface area contributed by atoms with Crippen LogP contribution < -0.4 is 10.9 Å². The zero-order valence-corrected chi connectivity index (χ0v) is 16.9. The number of benzene rings is 1. The molecule has 0 unspecified atom stereocenters. The molecule has 0 aliphatic carbocycles. The third-order valence-corrected chi connectivity index (χ3v) is 6.25. The molecule has 7 nitrogen and oxygen atoms in total. The fraction of sp³-hybridized carbons (Fsp3) is 0.294. The Labute approximate surface area is 160 Å². The summed E-state index contributed by atoms with van der Waals surface area (Å²) in [5.41, 5.74) is 0.122. The molecular weight excluding hydrogens is 422 g/mol. The largest absolute Gasteiger partial charge is 0.324 e. The van der Waals surface area contributed by atoms with E-state index in [1.54, 1.807) is 32.0 Å². The van der Waals surface area contributed by atoms with Crippen molar-refractivity contribution < 1.29 is 13.2 Å². The Morgan fingerprint density at radius 3 is 2.50 bits per heavy atom. The Morgan fingerprint density at radius 1 is 1.19 bits per heavy atom. The molecule has 1 aromatic carbocycles. The second-order valence-corrected chi connectivity index (χ2v) is 8.33. The summed E-state index contributed by atoms with van der Waals surface area (Å²) in [6, 6.07) is 9.45. The van der Waals surface area contributed by atoms with E-state index in [0.29, 0.717) is 18.8 Å². The second kappa shape index (κ2) is 8.61. The standard InChI is InChI=1S/C17H20BrN3O4S/c1-3-21(4-2)26(24,25)15-8-9-17(23)20(11-15)12-16(22)19-14-7-5-6-13(18)10-14/h5-11H,3-4,12H2,1-2H3,(H,19,22). The van der Waals surface area contributed by atoms with Crippen LogP contribution in [-0.4, -0.2) is 36.3 Å². The minimum absolute atomic E-state index is 0.0175. The van der Waals surface area contributed by atoms with Gasteiger partial charge in [0, 0.05) is 35.5 Å². The number of pyridine rings is 1. The minimum Gasteiger partial charge on any atom is -0.324 e. The lowest BCUT2D eigenvalue weighted by Gasteiger charge is -2.19. The highest BCUT2D eigenvalue weighted by Gasteiger charge is 2.22. The van der Waals surface area contributed by atoms with Crippen LogP contribution in [0.2, 0.25) is 0 Å². The van der Waals surface area contributed by atoms with Crippen LogP contribution in [0.15, 0.2) is 56.8 Å². The molecule has 1 N–H and O–H groups in total. The van der Waals surface area contributed by atoms with Gasteiger partial charge in [0.05, 0.1) is 4.90 Å². The molecule has 0 aliphatic heterocycles. The summed E-state index contributed by atoms with van der Waals surface area (Å²) in [5.74, 6) is -0.428. The molecule has 0 radical (unpaired) electrons. The predicted molar refractivity (Wildman–Crippen MR) is 104 cm³/mol. The molecule has 0 atom stereocenters. The number of carbonyl (C=O) groups is 1. The third kappa shape index (κ3) is 4.80. The Kier molecular flexibility index (Phi) is 6.74. The molecule has 0 saturated heterocycles. The van der Waals surface area contributed by atoms with Crippen LogP contribution >= 0.6 is 15.9 Å². The van der Waals surface area contributed by atoms with Crippen LogP contribution in [-0.2, 0) is 21.4 Å². The maximum absolute atomic E-state index is 12.6. The van der Waals surface area contributed by atoms with E-state index in [1.807, 2.05) is 6.07 Å². The van der Waals surface area contributed by atoms with Gasteiger partial charge in [0.2, 0.25) is 15.9 Å². The van der Waals surface area contributed by atoms with Crippen LogP contribution in [0.25, 0.3) is 0 Å². The lowest BCUT2D eigenvalue weighted by molar-refractivity contribution is -0.116. The molecule has 2 rings (SSSR count). The van der Waals surface area contributed by atoms with Gasteiger partial charge in [-0.2, -0.15) is 4.31 Å². The highest BCUT2D eigenvalue weighted by molar-refractivity contribution is 9.10. The van der Waals surface area contributed by atoms with Crippen molar-refractivity contribution in [2.24, 2.45) is 0 Å². The van der Waals surface area contributed by atoms with Crippen molar-refractivity contribution in [3.8, 4) is 0 Å². The molecule has 0 spiro atoms. The molecule has 2 aromatic rings. The molecule has 1 amide bonds. The van der Waals surface area contributed by atoms with E-state index in [4.69, 9.17) is 0 Å². The lowest BCUT2D eigenvalue weighted by atomic mass is 10.3. The maximum atomic E-state index is 12.6. The van der Waals surface area contributed by atoms with Gasteiger partial charge < -0.3 is 9.88 Å². The van der Waals surface area contributed by atoms with Gasteiger partial charge in [-0.25, -0.2) is 8.42 Å². The summed E-state index contributed by atoms with van der Waals surface area (Å²) < 4.78 is 28.3. The first-order valence-electron chi connectivity index (χ1n) is 8.04. The molecule has 0 bridgehead atoms. The number of amides is 1. The maximum Gasteiger partial charge on any atom is 0.251 e. The van der Waals surface area contributed by atoms with Gasteiger partial charge in [-0.1, -0.05) is 35.8 Å². The predicted octanol–water partition coefficient (Wildman–Crippen LogP) is 2.28. The van der Waals surface area contributed by atoms with Crippen LogP contribution in [0.3, 0.4) is 0 Å². The Hall–Kier alpha value is -1.97. The van der Waals surface area contributed by atoms with Crippen LogP contribution in [0.5, 0.6) is 0 Å². The molecule has 1 heterocycles. The molecule has 26 heavy (non-hydrogen) atoms. The van der Waals surface area contributed by atoms with E-state index in [1.165, 1.54) is 16.6 Å². The number of sulfonamides is 1. The zero-order chi connectivity index (χ0) is 19.3. The SMILES string of the molecule is CCN(CC)S(=O)(=O)c1ccc(=O)n(CC(=O)Nc2cccc(Br)c2)c1. The molecule has 1 aromatic heterocycles. The van der Waals surface area contributed by atoms with Crippen molar-refractivity contribution in [3.05, 3.63) is 57.4 Å². The van der Waals surface area contributed by atoms with Crippen LogP contribution in [0, 0.1) is 0 Å². The smallest absolute Gasteiger partial charge is 0.251 e. The summed E-state index contributed by atoms with van der Waals surface area (Å²) in [4.78, 5) is 24.2. The summed E-state index contributed by atoms with van der Waals surface area (Å²) >= 11 is 3.31. The third-order valence-electron chi connectivity index (χ3n) is 3.72. The van der Waals surface area contributed by atoms with Crippen molar-refractivity contribution in [1.29, 1.82) is 0 Å². The van der Waals surface area contributed by atoms with Gasteiger partial charge >= 0.3 is 0 Å². The first kappa shape index (κ1) is 20.3. The van der Waals surface area contributed by atoms with Crippen LogP contribution in [0.4, 0.5) is 5.69 Å². The summed E-state index contributed by atoms with van der Waals surface area (Å²) in [7, 11) is -3.71. The van der Waals surface area contributed by atoms with Gasteiger partial charge in [0.15, 0.2) is 0 Å². The average molecular weight is 442 g/mol. The van der Waals surface area contributed by atoms with Gasteiger partial charge in [0.25, 0.3) is 5.56 Å². The van der Waals surface area contributed by atoms with Crippen molar-refractivity contribution >= 4 is 37.5 Å². The molecule has 0 aliphatic rings. The summed E-state index contributed by atoms with van der Waals surface area (Å²) in [6.45, 7) is 3.83. The number of halogens is 1. The van der Waals surface area contributed by atoms with Gasteiger partial charge in [0.1, 0.15) is 6.54 Å². The lowest BCUT2D eigenvalue weighted by Crippen LogP contribution is -2.33. The van der Waals surface area contributed by atoms with E-state index < -0.39 is 21.5 Å². The molecule has 0 saturated carbocycles. The molecule has 140 valence electrons. The topological polar surface area (TPSA) is 88.5 Å². The van der Waals surface area contributed by atoms with Crippen molar-refractivity contribution in [2.45, 2.75) is 25.3 Å². The Bertz CT molecular complexity index is 952. The molecule has 9 heteroatoms. The number of nitrogens with zero attached hydrogens (tertiary/aromatic N) is 2. The number of carbonyl (C=O) groups excluding carboxylic acids is 1. The fourth-order valence-electron chi connectivity index (χ4n) is 2.42. The zero-order valence-electron chi connectivity index (χ0n) is 14.5. The fourth-order valence-corrected chi connectivity index (χ4v) is 4.30. The van der Waals surface area contributed by atoms with Crippen molar-refractivity contribution in [1.82, 2.24) is 8.87 Å². The molecular formula is C17H20BrN3O4S. The number of aromatic nitrogens is 1. The van der Waals surface area contributed by atoms with Gasteiger partial charge in [-0.05, 0) is 24.3 Å². The van der Waals surface area contributed by atoms with Crippen LogP contribution in [0.1, 0.15) is 13.8 Å². The normalized spacial score (nSPS) is 11.5. The number of hydrogen-bond acceptors (Lipinski definition) is 4. The van der Waals surface area contributed by atoms with E-state index >= 15 is 0 Å². The molecule has 0 fully saturated rings.